The average molecular weight is 275 g/mol. The Labute approximate surface area is 110 Å². The molecule has 0 aliphatic carbocycles. The number of aliphatic hydroxyl groups excluding tert-OH is 1. The van der Waals surface area contributed by atoms with Crippen molar-refractivity contribution in [3.63, 3.8) is 0 Å². The molecule has 1 aromatic heterocycles. The molecule has 0 saturated carbocycles. The van der Waals surface area contributed by atoms with Crippen molar-refractivity contribution in [2.24, 2.45) is 0 Å². The smallest absolute Gasteiger partial charge is 0.335 e. The van der Waals surface area contributed by atoms with Crippen molar-refractivity contribution in [1.82, 2.24) is 4.98 Å². The minimum absolute atomic E-state index is 0.00657. The number of methoxy groups -OCH3 is 1. The SMILES string of the molecule is COCC(CCO)Nc1cc(C(=O)O)cc(Cl)n1. The van der Waals surface area contributed by atoms with Crippen molar-refractivity contribution < 1.29 is 19.7 Å². The molecule has 0 fully saturated rings. The van der Waals surface area contributed by atoms with Crippen molar-refractivity contribution in [3.8, 4) is 0 Å². The molecule has 3 N–H and O–H groups in total. The van der Waals surface area contributed by atoms with Crippen LogP contribution in [0.1, 0.15) is 16.8 Å². The summed E-state index contributed by atoms with van der Waals surface area (Å²) in [5.74, 6) is -0.733. The van der Waals surface area contributed by atoms with E-state index in [4.69, 9.17) is 26.6 Å². The molecule has 7 heteroatoms. The summed E-state index contributed by atoms with van der Waals surface area (Å²) in [5, 5.41) is 20.9. The zero-order chi connectivity index (χ0) is 13.5. The maximum absolute atomic E-state index is 10.9. The molecule has 1 atom stereocenters. The Bertz CT molecular complexity index is 408. The summed E-state index contributed by atoms with van der Waals surface area (Å²) in [6.07, 6.45) is 0.463. The van der Waals surface area contributed by atoms with E-state index < -0.39 is 5.97 Å². The number of hydrogen-bond donors (Lipinski definition) is 3. The summed E-state index contributed by atoms with van der Waals surface area (Å²) in [6, 6.07) is 2.49. The second kappa shape index (κ2) is 7.15. The first-order valence-corrected chi connectivity index (χ1v) is 5.71. The van der Waals surface area contributed by atoms with Gasteiger partial charge < -0.3 is 20.3 Å². The molecule has 1 rings (SSSR count). The largest absolute Gasteiger partial charge is 0.478 e. The summed E-state index contributed by atoms with van der Waals surface area (Å²) in [5.41, 5.74) is 0.0534. The minimum Gasteiger partial charge on any atom is -0.478 e. The summed E-state index contributed by atoms with van der Waals surface area (Å²) in [6.45, 7) is 0.366. The highest BCUT2D eigenvalue weighted by Crippen LogP contribution is 2.16. The Kier molecular flexibility index (Phi) is 5.84. The van der Waals surface area contributed by atoms with Gasteiger partial charge in [-0.3, -0.25) is 0 Å². The molecule has 0 aliphatic rings. The quantitative estimate of drug-likeness (QED) is 0.648. The van der Waals surface area contributed by atoms with Crippen LogP contribution >= 0.6 is 11.6 Å². The minimum atomic E-state index is -1.08. The van der Waals surface area contributed by atoms with Crippen LogP contribution in [0.15, 0.2) is 12.1 Å². The summed E-state index contributed by atoms with van der Waals surface area (Å²) < 4.78 is 4.99. The monoisotopic (exact) mass is 274 g/mol. The predicted octanol–water partition coefficient (Wildman–Crippen LogP) is 1.24. The Balaban J connectivity index is 2.84. The van der Waals surface area contributed by atoms with Gasteiger partial charge in [0.25, 0.3) is 0 Å². The molecule has 1 unspecified atom stereocenters. The maximum Gasteiger partial charge on any atom is 0.335 e. The highest BCUT2D eigenvalue weighted by atomic mass is 35.5. The van der Waals surface area contributed by atoms with E-state index in [2.05, 4.69) is 10.3 Å². The van der Waals surface area contributed by atoms with Gasteiger partial charge in [0.2, 0.25) is 0 Å². The Morgan fingerprint density at radius 1 is 1.61 bits per heavy atom. The van der Waals surface area contributed by atoms with E-state index in [1.807, 2.05) is 0 Å². The van der Waals surface area contributed by atoms with E-state index in [-0.39, 0.29) is 23.4 Å². The molecular formula is C11H15ClN2O4. The number of aliphatic hydroxyl groups is 1. The lowest BCUT2D eigenvalue weighted by molar-refractivity contribution is 0.0696. The van der Waals surface area contributed by atoms with Gasteiger partial charge in [-0.1, -0.05) is 11.6 Å². The van der Waals surface area contributed by atoms with Gasteiger partial charge in [-0.15, -0.1) is 0 Å². The Morgan fingerprint density at radius 2 is 2.33 bits per heavy atom. The first-order chi connectivity index (χ1) is 8.56. The number of aromatic carboxylic acids is 1. The Morgan fingerprint density at radius 3 is 2.89 bits per heavy atom. The third-order valence-electron chi connectivity index (χ3n) is 2.24. The van der Waals surface area contributed by atoms with Crippen LogP contribution in [0.2, 0.25) is 5.15 Å². The fraction of sp³-hybridized carbons (Fsp3) is 0.455. The Hall–Kier alpha value is -1.37. The molecular weight excluding hydrogens is 260 g/mol. The second-order valence-electron chi connectivity index (χ2n) is 3.68. The van der Waals surface area contributed by atoms with Crippen LogP contribution in [0.4, 0.5) is 5.82 Å². The number of carbonyl (C=O) groups is 1. The number of hydrogen-bond acceptors (Lipinski definition) is 5. The van der Waals surface area contributed by atoms with Gasteiger partial charge in [0, 0.05) is 13.7 Å². The third-order valence-corrected chi connectivity index (χ3v) is 2.43. The molecule has 0 bridgehead atoms. The topological polar surface area (TPSA) is 91.7 Å². The lowest BCUT2D eigenvalue weighted by Crippen LogP contribution is -2.26. The number of pyridine rings is 1. The van der Waals surface area contributed by atoms with Crippen LogP contribution in [0.3, 0.4) is 0 Å². The first kappa shape index (κ1) is 14.7. The van der Waals surface area contributed by atoms with Crippen molar-refractivity contribution in [2.75, 3.05) is 25.6 Å². The van der Waals surface area contributed by atoms with E-state index in [0.29, 0.717) is 18.8 Å². The van der Waals surface area contributed by atoms with Crippen molar-refractivity contribution >= 4 is 23.4 Å². The van der Waals surface area contributed by atoms with Crippen LogP contribution in [-0.4, -0.2) is 47.5 Å². The normalized spacial score (nSPS) is 12.2. The third kappa shape index (κ3) is 4.48. The van der Waals surface area contributed by atoms with E-state index in [1.54, 1.807) is 7.11 Å². The number of rotatable bonds is 7. The van der Waals surface area contributed by atoms with Crippen LogP contribution in [0.25, 0.3) is 0 Å². The fourth-order valence-corrected chi connectivity index (χ4v) is 1.67. The average Bonchev–Trinajstić information content (AvgIpc) is 2.28. The van der Waals surface area contributed by atoms with E-state index in [1.165, 1.54) is 12.1 Å². The van der Waals surface area contributed by atoms with Gasteiger partial charge in [0.15, 0.2) is 0 Å². The molecule has 0 saturated heterocycles. The van der Waals surface area contributed by atoms with Crippen LogP contribution in [0, 0.1) is 0 Å². The summed E-state index contributed by atoms with van der Waals surface area (Å²) in [7, 11) is 1.54. The number of carboxylic acids is 1. The van der Waals surface area contributed by atoms with E-state index in [9.17, 15) is 4.79 Å². The second-order valence-corrected chi connectivity index (χ2v) is 4.07. The van der Waals surface area contributed by atoms with Crippen molar-refractivity contribution in [1.29, 1.82) is 0 Å². The zero-order valence-corrected chi connectivity index (χ0v) is 10.6. The summed E-state index contributed by atoms with van der Waals surface area (Å²) >= 11 is 5.74. The van der Waals surface area contributed by atoms with Gasteiger partial charge in [-0.25, -0.2) is 9.78 Å². The molecule has 6 nitrogen and oxygen atoms in total. The molecule has 0 aliphatic heterocycles. The highest BCUT2D eigenvalue weighted by molar-refractivity contribution is 6.29. The van der Waals surface area contributed by atoms with Crippen LogP contribution < -0.4 is 5.32 Å². The number of anilines is 1. The first-order valence-electron chi connectivity index (χ1n) is 5.34. The number of nitrogens with one attached hydrogen (secondary N) is 1. The number of aromatic nitrogens is 1. The molecule has 1 heterocycles. The molecule has 0 aromatic carbocycles. The molecule has 100 valence electrons. The van der Waals surface area contributed by atoms with E-state index >= 15 is 0 Å². The fourth-order valence-electron chi connectivity index (χ4n) is 1.46. The molecule has 0 radical (unpaired) electrons. The predicted molar refractivity (Wildman–Crippen MR) is 67.2 cm³/mol. The standard InChI is InChI=1S/C11H15ClN2O4/c1-18-6-8(2-3-15)13-10-5-7(11(16)17)4-9(12)14-10/h4-5,8,15H,2-3,6H2,1H3,(H,13,14)(H,16,17). The van der Waals surface area contributed by atoms with E-state index in [0.717, 1.165) is 0 Å². The number of nitrogens with zero attached hydrogens (tertiary/aromatic N) is 1. The highest BCUT2D eigenvalue weighted by Gasteiger charge is 2.12. The van der Waals surface area contributed by atoms with Crippen molar-refractivity contribution in [3.05, 3.63) is 22.8 Å². The number of halogens is 1. The molecule has 0 amide bonds. The molecule has 18 heavy (non-hydrogen) atoms. The van der Waals surface area contributed by atoms with Gasteiger partial charge >= 0.3 is 5.97 Å². The lowest BCUT2D eigenvalue weighted by atomic mass is 10.2. The van der Waals surface area contributed by atoms with Gasteiger partial charge in [0.1, 0.15) is 11.0 Å². The van der Waals surface area contributed by atoms with Gasteiger partial charge in [-0.2, -0.15) is 0 Å². The molecule has 0 spiro atoms. The van der Waals surface area contributed by atoms with Crippen molar-refractivity contribution in [2.45, 2.75) is 12.5 Å². The van der Waals surface area contributed by atoms with Gasteiger partial charge in [0.05, 0.1) is 18.2 Å². The lowest BCUT2D eigenvalue weighted by Gasteiger charge is -2.17. The molecule has 1 aromatic rings. The maximum atomic E-state index is 10.9. The van der Waals surface area contributed by atoms with Crippen LogP contribution in [-0.2, 0) is 4.74 Å². The number of carboxylic acid groups (broad SMARTS) is 1. The van der Waals surface area contributed by atoms with Crippen LogP contribution in [0.5, 0.6) is 0 Å². The van der Waals surface area contributed by atoms with Gasteiger partial charge in [-0.05, 0) is 18.6 Å². The zero-order valence-electron chi connectivity index (χ0n) is 9.89. The summed E-state index contributed by atoms with van der Waals surface area (Å²) in [4.78, 5) is 14.8. The number of ether oxygens (including phenoxy) is 1.